The Morgan fingerprint density at radius 2 is 2.06 bits per heavy atom. The number of benzene rings is 1. The van der Waals surface area contributed by atoms with E-state index in [0.29, 0.717) is 6.42 Å². The van der Waals surface area contributed by atoms with Crippen molar-refractivity contribution in [1.82, 2.24) is 4.90 Å². The van der Waals surface area contributed by atoms with Crippen LogP contribution in [0.1, 0.15) is 34.8 Å². The standard InChI is InChI=1S/C15H21NO2/c1-3-15(17)14-5-4-13(10-12(14)2)11-16-6-8-18-9-7-16/h4-5,10H,3,6-9,11H2,1-2H3. The molecule has 1 aliphatic heterocycles. The minimum atomic E-state index is 0.227. The molecule has 98 valence electrons. The maximum atomic E-state index is 11.7. The van der Waals surface area contributed by atoms with Crippen molar-refractivity contribution in [1.29, 1.82) is 0 Å². The first-order chi connectivity index (χ1) is 8.70. The Balaban J connectivity index is 2.06. The molecule has 1 heterocycles. The lowest BCUT2D eigenvalue weighted by atomic mass is 10.0. The maximum Gasteiger partial charge on any atom is 0.162 e. The Bertz CT molecular complexity index is 423. The van der Waals surface area contributed by atoms with Gasteiger partial charge in [-0.1, -0.05) is 25.1 Å². The fraction of sp³-hybridized carbons (Fsp3) is 0.533. The van der Waals surface area contributed by atoms with Crippen LogP contribution in [0.3, 0.4) is 0 Å². The minimum absolute atomic E-state index is 0.227. The third kappa shape index (κ3) is 3.18. The molecule has 0 atom stereocenters. The lowest BCUT2D eigenvalue weighted by Crippen LogP contribution is -2.35. The fourth-order valence-corrected chi connectivity index (χ4v) is 2.34. The quantitative estimate of drug-likeness (QED) is 0.765. The van der Waals surface area contributed by atoms with Crippen molar-refractivity contribution in [3.8, 4) is 0 Å². The van der Waals surface area contributed by atoms with Gasteiger partial charge < -0.3 is 4.74 Å². The van der Waals surface area contributed by atoms with Crippen LogP contribution < -0.4 is 0 Å². The molecule has 1 aliphatic rings. The topological polar surface area (TPSA) is 29.5 Å². The van der Waals surface area contributed by atoms with Gasteiger partial charge in [0.25, 0.3) is 0 Å². The molecule has 0 N–H and O–H groups in total. The van der Waals surface area contributed by atoms with Gasteiger partial charge in [-0.3, -0.25) is 9.69 Å². The van der Waals surface area contributed by atoms with E-state index in [-0.39, 0.29) is 5.78 Å². The number of aryl methyl sites for hydroxylation is 1. The van der Waals surface area contributed by atoms with Crippen LogP contribution in [0.15, 0.2) is 18.2 Å². The highest BCUT2D eigenvalue weighted by atomic mass is 16.5. The Kier molecular flexibility index (Phi) is 4.50. The number of nitrogens with zero attached hydrogens (tertiary/aromatic N) is 1. The third-order valence-corrected chi connectivity index (χ3v) is 3.42. The highest BCUT2D eigenvalue weighted by molar-refractivity contribution is 5.97. The van der Waals surface area contributed by atoms with Gasteiger partial charge in [0.05, 0.1) is 13.2 Å². The minimum Gasteiger partial charge on any atom is -0.379 e. The van der Waals surface area contributed by atoms with E-state index in [1.165, 1.54) is 5.56 Å². The van der Waals surface area contributed by atoms with Gasteiger partial charge >= 0.3 is 0 Å². The van der Waals surface area contributed by atoms with Crippen molar-refractivity contribution >= 4 is 5.78 Å². The van der Waals surface area contributed by atoms with Gasteiger partial charge in [0, 0.05) is 31.6 Å². The van der Waals surface area contributed by atoms with Crippen LogP contribution in [0.5, 0.6) is 0 Å². The molecule has 0 radical (unpaired) electrons. The lowest BCUT2D eigenvalue weighted by Gasteiger charge is -2.26. The van der Waals surface area contributed by atoms with Crippen LogP contribution in [0.25, 0.3) is 0 Å². The number of morpholine rings is 1. The number of ether oxygens (including phenoxy) is 1. The van der Waals surface area contributed by atoms with E-state index in [9.17, 15) is 4.79 Å². The van der Waals surface area contributed by atoms with Gasteiger partial charge in [-0.25, -0.2) is 0 Å². The summed E-state index contributed by atoms with van der Waals surface area (Å²) in [5, 5.41) is 0. The number of rotatable bonds is 4. The molecule has 2 rings (SSSR count). The molecular weight excluding hydrogens is 226 g/mol. The van der Waals surface area contributed by atoms with Gasteiger partial charge in [0.2, 0.25) is 0 Å². The second-order valence-corrected chi connectivity index (χ2v) is 4.81. The van der Waals surface area contributed by atoms with E-state index in [0.717, 1.165) is 44.0 Å². The average molecular weight is 247 g/mol. The van der Waals surface area contributed by atoms with Crippen molar-refractivity contribution in [2.24, 2.45) is 0 Å². The average Bonchev–Trinajstić information content (AvgIpc) is 2.39. The summed E-state index contributed by atoms with van der Waals surface area (Å²) >= 11 is 0. The number of carbonyl (C=O) groups excluding carboxylic acids is 1. The SMILES string of the molecule is CCC(=O)c1ccc(CN2CCOCC2)cc1C. The number of Topliss-reactive ketones (excluding diaryl/α,β-unsaturated/α-hetero) is 1. The molecule has 1 fully saturated rings. The lowest BCUT2D eigenvalue weighted by molar-refractivity contribution is 0.0342. The van der Waals surface area contributed by atoms with Crippen molar-refractivity contribution in [2.75, 3.05) is 26.3 Å². The molecule has 0 aliphatic carbocycles. The molecule has 18 heavy (non-hydrogen) atoms. The van der Waals surface area contributed by atoms with Gasteiger partial charge in [-0.15, -0.1) is 0 Å². The molecule has 0 saturated carbocycles. The predicted octanol–water partition coefficient (Wildman–Crippen LogP) is 2.42. The zero-order valence-electron chi connectivity index (χ0n) is 11.2. The highest BCUT2D eigenvalue weighted by Crippen LogP contribution is 2.15. The van der Waals surface area contributed by atoms with Gasteiger partial charge in [0.15, 0.2) is 5.78 Å². The molecule has 0 unspecified atom stereocenters. The summed E-state index contributed by atoms with van der Waals surface area (Å²) in [6, 6.07) is 6.18. The number of hydrogen-bond acceptors (Lipinski definition) is 3. The second-order valence-electron chi connectivity index (χ2n) is 4.81. The van der Waals surface area contributed by atoms with E-state index >= 15 is 0 Å². The monoisotopic (exact) mass is 247 g/mol. The van der Waals surface area contributed by atoms with Crippen LogP contribution >= 0.6 is 0 Å². The molecule has 0 amide bonds. The summed E-state index contributed by atoms with van der Waals surface area (Å²) in [6.45, 7) is 8.51. The highest BCUT2D eigenvalue weighted by Gasteiger charge is 2.12. The Morgan fingerprint density at radius 1 is 1.33 bits per heavy atom. The van der Waals surface area contributed by atoms with Crippen LogP contribution in [0.2, 0.25) is 0 Å². The van der Waals surface area contributed by atoms with E-state index in [2.05, 4.69) is 17.0 Å². The number of carbonyl (C=O) groups is 1. The van der Waals surface area contributed by atoms with Crippen molar-refractivity contribution in [3.05, 3.63) is 34.9 Å². The van der Waals surface area contributed by atoms with Crippen LogP contribution in [0.4, 0.5) is 0 Å². The molecule has 1 aromatic rings. The Morgan fingerprint density at radius 3 is 2.67 bits per heavy atom. The summed E-state index contributed by atoms with van der Waals surface area (Å²) in [5.41, 5.74) is 3.23. The zero-order valence-corrected chi connectivity index (χ0v) is 11.2. The summed E-state index contributed by atoms with van der Waals surface area (Å²) in [7, 11) is 0. The molecule has 3 nitrogen and oxygen atoms in total. The van der Waals surface area contributed by atoms with E-state index in [1.807, 2.05) is 19.9 Å². The summed E-state index contributed by atoms with van der Waals surface area (Å²) in [6.07, 6.45) is 0.573. The largest absolute Gasteiger partial charge is 0.379 e. The molecule has 3 heteroatoms. The Hall–Kier alpha value is -1.19. The predicted molar refractivity (Wildman–Crippen MR) is 71.9 cm³/mol. The molecule has 1 saturated heterocycles. The molecule has 1 aromatic carbocycles. The van der Waals surface area contributed by atoms with Crippen LogP contribution in [0, 0.1) is 6.92 Å². The first-order valence-corrected chi connectivity index (χ1v) is 6.63. The number of hydrogen-bond donors (Lipinski definition) is 0. The fourth-order valence-electron chi connectivity index (χ4n) is 2.34. The summed E-state index contributed by atoms with van der Waals surface area (Å²) in [4.78, 5) is 14.1. The maximum absolute atomic E-state index is 11.7. The molecular formula is C15H21NO2. The van der Waals surface area contributed by atoms with Crippen LogP contribution in [-0.2, 0) is 11.3 Å². The van der Waals surface area contributed by atoms with Crippen molar-refractivity contribution < 1.29 is 9.53 Å². The Labute approximate surface area is 109 Å². The van der Waals surface area contributed by atoms with Crippen molar-refractivity contribution in [2.45, 2.75) is 26.8 Å². The zero-order chi connectivity index (χ0) is 13.0. The van der Waals surface area contributed by atoms with E-state index < -0.39 is 0 Å². The smallest absolute Gasteiger partial charge is 0.162 e. The molecule has 0 bridgehead atoms. The summed E-state index contributed by atoms with van der Waals surface area (Å²) < 4.78 is 5.34. The van der Waals surface area contributed by atoms with Gasteiger partial charge in [0.1, 0.15) is 0 Å². The van der Waals surface area contributed by atoms with E-state index in [4.69, 9.17) is 4.74 Å². The van der Waals surface area contributed by atoms with E-state index in [1.54, 1.807) is 0 Å². The first-order valence-electron chi connectivity index (χ1n) is 6.63. The third-order valence-electron chi connectivity index (χ3n) is 3.42. The molecule has 0 aromatic heterocycles. The number of ketones is 1. The molecule has 0 spiro atoms. The van der Waals surface area contributed by atoms with Crippen LogP contribution in [-0.4, -0.2) is 37.0 Å². The first kappa shape index (κ1) is 13.2. The van der Waals surface area contributed by atoms with Gasteiger partial charge in [-0.2, -0.15) is 0 Å². The second kappa shape index (κ2) is 6.12. The summed E-state index contributed by atoms with van der Waals surface area (Å²) in [5.74, 6) is 0.227. The normalized spacial score (nSPS) is 16.8. The van der Waals surface area contributed by atoms with Crippen molar-refractivity contribution in [3.63, 3.8) is 0 Å². The van der Waals surface area contributed by atoms with Gasteiger partial charge in [-0.05, 0) is 18.1 Å².